The van der Waals surface area contributed by atoms with Crippen LogP contribution in [0.1, 0.15) is 120 Å². The first-order valence-electron chi connectivity index (χ1n) is 26.2. The van der Waals surface area contributed by atoms with Gasteiger partial charge in [-0.1, -0.05) is 75.9 Å². The first-order valence-corrected chi connectivity index (χ1v) is 26.2. The number of amides is 6. The maximum atomic E-state index is 14.2. The summed E-state index contributed by atoms with van der Waals surface area (Å²) in [5.41, 5.74) is 2.89. The lowest BCUT2D eigenvalue weighted by molar-refractivity contribution is -0.139. The van der Waals surface area contributed by atoms with E-state index in [-0.39, 0.29) is 35.7 Å². The van der Waals surface area contributed by atoms with E-state index in [1.54, 1.807) is 55.4 Å². The zero-order chi connectivity index (χ0) is 54.1. The summed E-state index contributed by atoms with van der Waals surface area (Å²) in [6, 6.07) is 13.0. The Morgan fingerprint density at radius 3 is 1.28 bits per heavy atom. The molecule has 4 heterocycles. The molecular formula is C58H78N8O8. The number of hydrogen-bond donors (Lipinski definition) is 4. The number of ether oxygens (including phenoxy) is 2. The van der Waals surface area contributed by atoms with Gasteiger partial charge in [-0.3, -0.25) is 19.2 Å². The number of hydrogen-bond acceptors (Lipinski definition) is 8. The van der Waals surface area contributed by atoms with Gasteiger partial charge in [0.1, 0.15) is 35.4 Å². The summed E-state index contributed by atoms with van der Waals surface area (Å²) in [5.74, 6) is 11.1. The molecule has 0 radical (unpaired) electrons. The minimum Gasteiger partial charge on any atom is -0.444 e. The Morgan fingerprint density at radius 2 is 0.932 bits per heavy atom. The van der Waals surface area contributed by atoms with E-state index >= 15 is 0 Å². The third-order valence-electron chi connectivity index (χ3n) is 13.4. The summed E-state index contributed by atoms with van der Waals surface area (Å²) in [6.07, 6.45) is 7.54. The highest BCUT2D eigenvalue weighted by atomic mass is 16.6. The second-order valence-electron chi connectivity index (χ2n) is 22.5. The van der Waals surface area contributed by atoms with Gasteiger partial charge in [0, 0.05) is 59.4 Å². The standard InChI is InChI=1S/C58H78N8O8/c1-37(2)49(61-51(67)39(5)59-55(71)73-57(7,8)9)53(69)65-31-21-23-43(65)33-41-35-63(47-27-17-15-25-45(41)47)29-19-13-14-20-30-64-36-42(46-26-16-18-28-48(46)64)34-44-24-22-32-66(44)54(70)50(38(3)4)62-52(68)40(6)60-56(72)74-58(10,11)12/h15-18,25-28,35-40,43-44,49-50H,21-24,29-34H2,1-12H3,(H,59,71)(H,60,72)(H,61,67)(H,62,68)/t39-,40-,43-,44-,49-,50-/m0/s1. The van der Waals surface area contributed by atoms with Crippen LogP contribution >= 0.6 is 0 Å². The highest BCUT2D eigenvalue weighted by Gasteiger charge is 2.38. The van der Waals surface area contributed by atoms with Crippen molar-refractivity contribution in [1.29, 1.82) is 0 Å². The Labute approximate surface area is 437 Å². The minimum absolute atomic E-state index is 0.0536. The van der Waals surface area contributed by atoms with Crippen molar-refractivity contribution < 1.29 is 38.2 Å². The van der Waals surface area contributed by atoms with Crippen molar-refractivity contribution in [1.82, 2.24) is 40.2 Å². The fraction of sp³-hybridized carbons (Fsp3) is 0.552. The summed E-state index contributed by atoms with van der Waals surface area (Å²) in [7, 11) is 0. The van der Waals surface area contributed by atoms with Crippen molar-refractivity contribution in [2.45, 2.75) is 182 Å². The lowest BCUT2D eigenvalue weighted by Crippen LogP contribution is -2.56. The second kappa shape index (κ2) is 24.4. The minimum atomic E-state index is -0.898. The molecule has 4 N–H and O–H groups in total. The lowest BCUT2D eigenvalue weighted by atomic mass is 9.99. The predicted molar refractivity (Wildman–Crippen MR) is 288 cm³/mol. The van der Waals surface area contributed by atoms with Crippen LogP contribution in [0.3, 0.4) is 0 Å². The molecule has 2 aliphatic heterocycles. The Bertz CT molecular complexity index is 2620. The summed E-state index contributed by atoms with van der Waals surface area (Å²) in [6.45, 7) is 23.3. The number of fused-ring (bicyclic) bond motifs is 2. The van der Waals surface area contributed by atoms with Gasteiger partial charge >= 0.3 is 12.2 Å². The number of rotatable bonds is 16. The summed E-state index contributed by atoms with van der Waals surface area (Å²) in [4.78, 5) is 83.3. The first kappa shape index (κ1) is 56.4. The number of nitrogens with zero attached hydrogens (tertiary/aromatic N) is 4. The van der Waals surface area contributed by atoms with Crippen LogP contribution in [0.5, 0.6) is 0 Å². The fourth-order valence-corrected chi connectivity index (χ4v) is 9.79. The Hall–Kier alpha value is -6.94. The fourth-order valence-electron chi connectivity index (χ4n) is 9.79. The van der Waals surface area contributed by atoms with Gasteiger partial charge in [-0.2, -0.15) is 0 Å². The molecule has 6 amide bonds. The normalized spacial score (nSPS) is 17.4. The van der Waals surface area contributed by atoms with Crippen LogP contribution < -0.4 is 21.3 Å². The quantitative estimate of drug-likeness (QED) is 0.0833. The van der Waals surface area contributed by atoms with Crippen LogP contribution in [0, 0.1) is 35.5 Å². The van der Waals surface area contributed by atoms with Crippen molar-refractivity contribution in [3.05, 3.63) is 72.1 Å². The molecule has 2 aromatic carbocycles. The predicted octanol–water partition coefficient (Wildman–Crippen LogP) is 7.48. The zero-order valence-corrected chi connectivity index (χ0v) is 45.5. The van der Waals surface area contributed by atoms with Crippen molar-refractivity contribution >= 4 is 57.6 Å². The summed E-state index contributed by atoms with van der Waals surface area (Å²) in [5, 5.41) is 13.2. The van der Waals surface area contributed by atoms with Crippen LogP contribution in [0.25, 0.3) is 21.8 Å². The molecule has 398 valence electrons. The van der Waals surface area contributed by atoms with E-state index in [9.17, 15) is 28.8 Å². The molecule has 0 unspecified atom stereocenters. The highest BCUT2D eigenvalue weighted by molar-refractivity contribution is 5.93. The third-order valence-corrected chi connectivity index (χ3v) is 13.4. The van der Waals surface area contributed by atoms with E-state index in [1.165, 1.54) is 0 Å². The number of carbonyl (C=O) groups is 6. The Balaban J connectivity index is 1.08. The molecule has 0 spiro atoms. The zero-order valence-electron chi connectivity index (χ0n) is 45.5. The summed E-state index contributed by atoms with van der Waals surface area (Å²) >= 11 is 0. The van der Waals surface area contributed by atoms with Crippen LogP contribution in [-0.2, 0) is 54.6 Å². The molecule has 74 heavy (non-hydrogen) atoms. The highest BCUT2D eigenvalue weighted by Crippen LogP contribution is 2.30. The first-order chi connectivity index (χ1) is 34.9. The molecule has 6 rings (SSSR count). The number of benzene rings is 2. The smallest absolute Gasteiger partial charge is 0.408 e. The Kier molecular flexibility index (Phi) is 18.6. The van der Waals surface area contributed by atoms with Gasteiger partial charge in [-0.05, 0) is 141 Å². The van der Waals surface area contributed by atoms with Crippen molar-refractivity contribution in [2.75, 3.05) is 13.1 Å². The molecule has 2 aromatic heterocycles. The maximum Gasteiger partial charge on any atom is 0.408 e. The SMILES string of the molecule is CC(C)[C@H](NC(=O)[C@H](C)NC(=O)OC(C)(C)C)C(=O)N1CCC[C@H]1Cc1cn(CC#CC#CCn2cc(C[C@@H]3CCCN3C(=O)[C@@H](NC(=O)[C@H](C)NC(=O)OC(C)(C)C)C(C)C)c3ccccc32)c2ccccc12. The molecule has 4 aromatic rings. The second-order valence-corrected chi connectivity index (χ2v) is 22.5. The van der Waals surface area contributed by atoms with Crippen LogP contribution in [0.4, 0.5) is 9.59 Å². The van der Waals surface area contributed by atoms with Crippen molar-refractivity contribution in [3.8, 4) is 23.7 Å². The lowest BCUT2D eigenvalue weighted by Gasteiger charge is -2.32. The largest absolute Gasteiger partial charge is 0.444 e. The molecule has 6 atom stereocenters. The van der Waals surface area contributed by atoms with Crippen molar-refractivity contribution in [3.63, 3.8) is 0 Å². The molecule has 2 fully saturated rings. The molecule has 2 saturated heterocycles. The molecule has 0 aliphatic carbocycles. The molecule has 16 heteroatoms. The summed E-state index contributed by atoms with van der Waals surface area (Å²) < 4.78 is 14.9. The average Bonchev–Trinajstić information content (AvgIpc) is 4.13. The number of carbonyl (C=O) groups excluding carboxylic acids is 6. The molecule has 2 aliphatic rings. The Morgan fingerprint density at radius 1 is 0.568 bits per heavy atom. The van der Waals surface area contributed by atoms with E-state index in [1.807, 2.05) is 61.8 Å². The van der Waals surface area contributed by atoms with Gasteiger partial charge in [-0.25, -0.2) is 9.59 Å². The molecule has 0 bridgehead atoms. The number of aromatic nitrogens is 2. The number of likely N-dealkylation sites (tertiary alicyclic amines) is 2. The van der Waals surface area contributed by atoms with Crippen LogP contribution in [0.2, 0.25) is 0 Å². The van der Waals surface area contributed by atoms with Gasteiger partial charge in [0.25, 0.3) is 0 Å². The molecule has 0 saturated carbocycles. The molecule has 16 nitrogen and oxygen atoms in total. The van der Waals surface area contributed by atoms with Crippen LogP contribution in [0.15, 0.2) is 60.9 Å². The van der Waals surface area contributed by atoms with Gasteiger partial charge in [0.05, 0.1) is 13.1 Å². The monoisotopic (exact) mass is 1010 g/mol. The van der Waals surface area contributed by atoms with E-state index in [2.05, 4.69) is 90.7 Å². The van der Waals surface area contributed by atoms with E-state index in [0.29, 0.717) is 39.0 Å². The number of nitrogens with one attached hydrogen (secondary N) is 4. The maximum absolute atomic E-state index is 14.2. The van der Waals surface area contributed by atoms with Gasteiger partial charge < -0.3 is 49.7 Å². The average molecular weight is 1020 g/mol. The van der Waals surface area contributed by atoms with Gasteiger partial charge in [0.15, 0.2) is 0 Å². The van der Waals surface area contributed by atoms with Crippen molar-refractivity contribution in [2.24, 2.45) is 11.8 Å². The number of alkyl carbamates (subject to hydrolysis) is 2. The van der Waals surface area contributed by atoms with Crippen LogP contribution in [-0.4, -0.2) is 115 Å². The van der Waals surface area contributed by atoms with E-state index in [4.69, 9.17) is 9.47 Å². The molecular weight excluding hydrogens is 937 g/mol. The van der Waals surface area contributed by atoms with Gasteiger partial charge in [0.2, 0.25) is 23.6 Å². The van der Waals surface area contributed by atoms with Gasteiger partial charge in [-0.15, -0.1) is 0 Å². The van der Waals surface area contributed by atoms with E-state index in [0.717, 1.165) is 58.6 Å². The topological polar surface area (TPSA) is 185 Å². The van der Waals surface area contributed by atoms with E-state index < -0.39 is 59.4 Å². The third kappa shape index (κ3) is 14.9. The number of para-hydroxylation sites is 2.